The van der Waals surface area contributed by atoms with Gasteiger partial charge in [-0.05, 0) is 30.3 Å². The number of ether oxygens (including phenoxy) is 1. The molecule has 0 saturated carbocycles. The number of nitrogens with one attached hydrogen (secondary N) is 1. The van der Waals surface area contributed by atoms with Crippen LogP contribution in [0.5, 0.6) is 5.75 Å². The molecule has 2 rings (SSSR count). The summed E-state index contributed by atoms with van der Waals surface area (Å²) in [6.45, 7) is -0.343. The first-order valence-electron chi connectivity index (χ1n) is 6.34. The van der Waals surface area contributed by atoms with Crippen LogP contribution >= 0.6 is 34.8 Å². The highest BCUT2D eigenvalue weighted by Crippen LogP contribution is 2.29. The van der Waals surface area contributed by atoms with Gasteiger partial charge in [0.05, 0.1) is 21.3 Å². The Morgan fingerprint density at radius 3 is 2.57 bits per heavy atom. The minimum absolute atomic E-state index is 0.0890. The number of amides is 2. The largest absolute Gasteiger partial charge is 0.483 e. The molecule has 3 N–H and O–H groups in total. The molecule has 120 valence electrons. The summed E-state index contributed by atoms with van der Waals surface area (Å²) in [4.78, 5) is 23.3. The van der Waals surface area contributed by atoms with Gasteiger partial charge >= 0.3 is 0 Å². The molecule has 0 aliphatic rings. The number of carbonyl (C=O) groups is 2. The van der Waals surface area contributed by atoms with Crippen molar-refractivity contribution in [1.82, 2.24) is 0 Å². The average molecular weight is 374 g/mol. The smallest absolute Gasteiger partial charge is 0.262 e. The molecule has 0 aromatic heterocycles. The van der Waals surface area contributed by atoms with Crippen molar-refractivity contribution in [3.8, 4) is 5.75 Å². The fourth-order valence-corrected chi connectivity index (χ4v) is 2.27. The lowest BCUT2D eigenvalue weighted by Crippen LogP contribution is -2.22. The third kappa shape index (κ3) is 4.51. The molecule has 2 aromatic rings. The molecule has 0 radical (unpaired) electrons. The van der Waals surface area contributed by atoms with Crippen LogP contribution < -0.4 is 15.8 Å². The summed E-state index contributed by atoms with van der Waals surface area (Å²) in [5.41, 5.74) is 5.69. The van der Waals surface area contributed by atoms with Gasteiger partial charge in [0, 0.05) is 5.02 Å². The van der Waals surface area contributed by atoms with Crippen LogP contribution in [-0.2, 0) is 4.79 Å². The molecule has 0 bridgehead atoms. The van der Waals surface area contributed by atoms with Gasteiger partial charge in [0.15, 0.2) is 6.61 Å². The van der Waals surface area contributed by atoms with Gasteiger partial charge in [0.1, 0.15) is 5.75 Å². The standard InChI is InChI=1S/C15H11Cl3N2O3/c16-8-4-5-12(9(6-8)15(19)22)23-7-13(21)20-11-3-1-2-10(17)14(11)18/h1-6H,7H2,(H2,19,22)(H,20,21). The average Bonchev–Trinajstić information content (AvgIpc) is 2.50. The Balaban J connectivity index is 2.05. The van der Waals surface area contributed by atoms with E-state index in [4.69, 9.17) is 45.3 Å². The summed E-state index contributed by atoms with van der Waals surface area (Å²) in [6.07, 6.45) is 0. The molecule has 0 aliphatic carbocycles. The van der Waals surface area contributed by atoms with Gasteiger partial charge in [0.25, 0.3) is 11.8 Å². The number of primary amides is 1. The van der Waals surface area contributed by atoms with E-state index in [1.807, 2.05) is 0 Å². The summed E-state index contributed by atoms with van der Waals surface area (Å²) in [5.74, 6) is -1.02. The van der Waals surface area contributed by atoms with Crippen molar-refractivity contribution in [2.45, 2.75) is 0 Å². The highest BCUT2D eigenvalue weighted by atomic mass is 35.5. The summed E-state index contributed by atoms with van der Waals surface area (Å²) >= 11 is 17.6. The van der Waals surface area contributed by atoms with Crippen molar-refractivity contribution < 1.29 is 14.3 Å². The quantitative estimate of drug-likeness (QED) is 0.837. The first-order chi connectivity index (χ1) is 10.9. The number of hydrogen-bond donors (Lipinski definition) is 2. The van der Waals surface area contributed by atoms with E-state index in [-0.39, 0.29) is 22.9 Å². The molecule has 8 heteroatoms. The summed E-state index contributed by atoms with van der Waals surface area (Å²) in [5, 5.41) is 3.44. The van der Waals surface area contributed by atoms with Crippen molar-refractivity contribution in [2.24, 2.45) is 5.73 Å². The minimum Gasteiger partial charge on any atom is -0.483 e. The predicted octanol–water partition coefficient (Wildman–Crippen LogP) is 3.76. The Hall–Kier alpha value is -1.95. The van der Waals surface area contributed by atoms with Crippen molar-refractivity contribution in [2.75, 3.05) is 11.9 Å². The van der Waals surface area contributed by atoms with E-state index in [0.717, 1.165) is 0 Å². The normalized spacial score (nSPS) is 10.2. The summed E-state index contributed by atoms with van der Waals surface area (Å²) < 4.78 is 5.31. The lowest BCUT2D eigenvalue weighted by atomic mass is 10.2. The maximum absolute atomic E-state index is 11.9. The van der Waals surface area contributed by atoms with E-state index >= 15 is 0 Å². The molecule has 23 heavy (non-hydrogen) atoms. The first-order valence-corrected chi connectivity index (χ1v) is 7.48. The molecular formula is C15H11Cl3N2O3. The Kier molecular flexibility index (Phi) is 5.71. The maximum Gasteiger partial charge on any atom is 0.262 e. The Morgan fingerprint density at radius 2 is 1.87 bits per heavy atom. The molecular weight excluding hydrogens is 363 g/mol. The molecule has 0 saturated heterocycles. The van der Waals surface area contributed by atoms with Gasteiger partial charge in [-0.15, -0.1) is 0 Å². The fourth-order valence-electron chi connectivity index (χ4n) is 1.75. The van der Waals surface area contributed by atoms with Crippen molar-refractivity contribution in [3.63, 3.8) is 0 Å². The predicted molar refractivity (Wildman–Crippen MR) is 90.6 cm³/mol. The van der Waals surface area contributed by atoms with Gasteiger partial charge in [-0.1, -0.05) is 40.9 Å². The van der Waals surface area contributed by atoms with E-state index in [1.165, 1.54) is 18.2 Å². The van der Waals surface area contributed by atoms with E-state index in [2.05, 4.69) is 5.32 Å². The number of benzene rings is 2. The zero-order valence-electron chi connectivity index (χ0n) is 11.6. The van der Waals surface area contributed by atoms with Gasteiger partial charge < -0.3 is 15.8 Å². The first kappa shape index (κ1) is 17.4. The molecule has 0 unspecified atom stereocenters. The van der Waals surface area contributed by atoms with Gasteiger partial charge in [-0.2, -0.15) is 0 Å². The number of rotatable bonds is 5. The Bertz CT molecular complexity index is 766. The summed E-state index contributed by atoms with van der Waals surface area (Å²) in [6, 6.07) is 9.20. The van der Waals surface area contributed by atoms with E-state index < -0.39 is 11.8 Å². The Labute approximate surface area is 147 Å². The topological polar surface area (TPSA) is 81.4 Å². The summed E-state index contributed by atoms with van der Waals surface area (Å²) in [7, 11) is 0. The van der Waals surface area contributed by atoms with Crippen LogP contribution in [0.1, 0.15) is 10.4 Å². The lowest BCUT2D eigenvalue weighted by Gasteiger charge is -2.11. The second kappa shape index (κ2) is 7.55. The van der Waals surface area contributed by atoms with Gasteiger partial charge in [-0.3, -0.25) is 9.59 Å². The molecule has 0 heterocycles. The van der Waals surface area contributed by atoms with Crippen LogP contribution in [-0.4, -0.2) is 18.4 Å². The van der Waals surface area contributed by atoms with Crippen LogP contribution in [0.25, 0.3) is 0 Å². The van der Waals surface area contributed by atoms with Crippen LogP contribution in [0.15, 0.2) is 36.4 Å². The molecule has 2 amide bonds. The molecule has 0 aliphatic heterocycles. The third-order valence-electron chi connectivity index (χ3n) is 2.79. The lowest BCUT2D eigenvalue weighted by molar-refractivity contribution is -0.118. The minimum atomic E-state index is -0.708. The van der Waals surface area contributed by atoms with Crippen LogP contribution in [0.4, 0.5) is 5.69 Å². The van der Waals surface area contributed by atoms with Crippen LogP contribution in [0, 0.1) is 0 Å². The molecule has 0 spiro atoms. The SMILES string of the molecule is NC(=O)c1cc(Cl)ccc1OCC(=O)Nc1cccc(Cl)c1Cl. The number of nitrogens with two attached hydrogens (primary N) is 1. The number of halogens is 3. The van der Waals surface area contributed by atoms with Crippen molar-refractivity contribution in [3.05, 3.63) is 57.0 Å². The molecule has 0 atom stereocenters. The number of hydrogen-bond acceptors (Lipinski definition) is 3. The third-order valence-corrected chi connectivity index (χ3v) is 3.85. The van der Waals surface area contributed by atoms with E-state index in [1.54, 1.807) is 18.2 Å². The number of carbonyl (C=O) groups excluding carboxylic acids is 2. The monoisotopic (exact) mass is 372 g/mol. The van der Waals surface area contributed by atoms with Gasteiger partial charge in [-0.25, -0.2) is 0 Å². The van der Waals surface area contributed by atoms with Crippen LogP contribution in [0.2, 0.25) is 15.1 Å². The highest BCUT2D eigenvalue weighted by molar-refractivity contribution is 6.44. The zero-order chi connectivity index (χ0) is 17.0. The highest BCUT2D eigenvalue weighted by Gasteiger charge is 2.13. The number of anilines is 1. The van der Waals surface area contributed by atoms with E-state index in [0.29, 0.717) is 15.7 Å². The fraction of sp³-hybridized carbons (Fsp3) is 0.0667. The van der Waals surface area contributed by atoms with Crippen LogP contribution in [0.3, 0.4) is 0 Å². The zero-order valence-corrected chi connectivity index (χ0v) is 13.9. The maximum atomic E-state index is 11.9. The van der Waals surface area contributed by atoms with Crippen molar-refractivity contribution >= 4 is 52.3 Å². The Morgan fingerprint density at radius 1 is 1.13 bits per heavy atom. The second-order valence-corrected chi connectivity index (χ2v) is 5.66. The van der Waals surface area contributed by atoms with E-state index in [9.17, 15) is 9.59 Å². The molecule has 2 aromatic carbocycles. The molecule has 0 fully saturated rings. The van der Waals surface area contributed by atoms with Gasteiger partial charge in [0.2, 0.25) is 0 Å². The van der Waals surface area contributed by atoms with Crippen molar-refractivity contribution in [1.29, 1.82) is 0 Å². The second-order valence-electron chi connectivity index (χ2n) is 4.44. The molecule has 5 nitrogen and oxygen atoms in total.